The molecule has 0 saturated heterocycles. The minimum atomic E-state index is -0.154. The lowest BCUT2D eigenvalue weighted by Crippen LogP contribution is -2.19. The first-order chi connectivity index (χ1) is 12.7. The number of carbonyl (C=O) groups is 2. The third-order valence-corrected chi connectivity index (χ3v) is 4.40. The number of carbonyl (C=O) groups excluding carboxylic acids is 2. The highest BCUT2D eigenvalue weighted by molar-refractivity contribution is 6.04. The number of hydrogen-bond acceptors (Lipinski definition) is 3. The number of aromatic nitrogens is 2. The number of benzene rings is 2. The summed E-state index contributed by atoms with van der Waals surface area (Å²) in [6, 6.07) is 13.1. The van der Waals surface area contributed by atoms with E-state index in [2.05, 4.69) is 15.6 Å². The maximum absolute atomic E-state index is 12.5. The molecule has 0 saturated carbocycles. The Kier molecular flexibility index (Phi) is 4.23. The Balaban J connectivity index is 1.44. The van der Waals surface area contributed by atoms with Gasteiger partial charge in [0, 0.05) is 42.3 Å². The number of nitrogens with one attached hydrogen (secondary N) is 2. The van der Waals surface area contributed by atoms with Crippen LogP contribution in [0.5, 0.6) is 0 Å². The molecule has 2 heterocycles. The van der Waals surface area contributed by atoms with Gasteiger partial charge in [-0.1, -0.05) is 12.1 Å². The quantitative estimate of drug-likeness (QED) is 0.762. The van der Waals surface area contributed by atoms with Crippen molar-refractivity contribution >= 4 is 23.2 Å². The molecule has 6 heteroatoms. The van der Waals surface area contributed by atoms with E-state index >= 15 is 0 Å². The van der Waals surface area contributed by atoms with Crippen LogP contribution >= 0.6 is 0 Å². The first-order valence-corrected chi connectivity index (χ1v) is 8.46. The standard InChI is InChI=1S/C20H18N4O2/c25-19-8-5-16-11-17(6-7-18(16)23-19)22-20(26)15-3-1-14(2-4-15)12-24-10-9-21-13-24/h1-4,6-7,9-11,13H,5,8,12H2,(H,22,26)(H,23,25). The van der Waals surface area contributed by atoms with Crippen LogP contribution in [0.3, 0.4) is 0 Å². The molecule has 1 aliphatic rings. The van der Waals surface area contributed by atoms with Crippen molar-refractivity contribution < 1.29 is 9.59 Å². The zero-order valence-corrected chi connectivity index (χ0v) is 14.1. The van der Waals surface area contributed by atoms with Gasteiger partial charge in [0.15, 0.2) is 0 Å². The fraction of sp³-hybridized carbons (Fsp3) is 0.150. The van der Waals surface area contributed by atoms with Gasteiger partial charge >= 0.3 is 0 Å². The molecule has 0 unspecified atom stereocenters. The van der Waals surface area contributed by atoms with Gasteiger partial charge in [-0.25, -0.2) is 4.98 Å². The summed E-state index contributed by atoms with van der Waals surface area (Å²) in [6.45, 7) is 0.721. The second-order valence-electron chi connectivity index (χ2n) is 6.31. The summed E-state index contributed by atoms with van der Waals surface area (Å²) in [5.41, 5.74) is 4.29. The van der Waals surface area contributed by atoms with Gasteiger partial charge < -0.3 is 15.2 Å². The Hall–Kier alpha value is -3.41. The monoisotopic (exact) mass is 346 g/mol. The molecular weight excluding hydrogens is 328 g/mol. The Morgan fingerprint density at radius 3 is 2.77 bits per heavy atom. The molecule has 2 N–H and O–H groups in total. The van der Waals surface area contributed by atoms with Crippen molar-refractivity contribution in [3.63, 3.8) is 0 Å². The molecule has 0 aliphatic carbocycles. The Morgan fingerprint density at radius 2 is 2.00 bits per heavy atom. The SMILES string of the molecule is O=C1CCc2cc(NC(=O)c3ccc(Cn4ccnc4)cc3)ccc2N1. The van der Waals surface area contributed by atoms with Crippen molar-refractivity contribution in [3.05, 3.63) is 77.9 Å². The predicted molar refractivity (Wildman–Crippen MR) is 99.1 cm³/mol. The Labute approximate surface area is 150 Å². The largest absolute Gasteiger partial charge is 0.333 e. The fourth-order valence-electron chi connectivity index (χ4n) is 3.02. The maximum Gasteiger partial charge on any atom is 0.255 e. The average Bonchev–Trinajstić information content (AvgIpc) is 3.15. The lowest BCUT2D eigenvalue weighted by atomic mass is 10.0. The van der Waals surface area contributed by atoms with E-state index in [1.165, 1.54) is 0 Å². The van der Waals surface area contributed by atoms with Crippen LogP contribution in [0.25, 0.3) is 0 Å². The molecule has 6 nitrogen and oxygen atoms in total. The summed E-state index contributed by atoms with van der Waals surface area (Å²) in [5, 5.41) is 5.76. The molecule has 0 spiro atoms. The number of hydrogen-bond donors (Lipinski definition) is 2. The summed E-state index contributed by atoms with van der Waals surface area (Å²) in [4.78, 5) is 27.9. The van der Waals surface area contributed by atoms with E-state index in [0.717, 1.165) is 29.0 Å². The average molecular weight is 346 g/mol. The molecule has 130 valence electrons. The van der Waals surface area contributed by atoms with Crippen molar-refractivity contribution in [1.82, 2.24) is 9.55 Å². The molecule has 0 fully saturated rings. The lowest BCUT2D eigenvalue weighted by molar-refractivity contribution is -0.116. The molecule has 1 aliphatic heterocycles. The zero-order valence-electron chi connectivity index (χ0n) is 14.1. The number of aryl methyl sites for hydroxylation is 1. The molecule has 4 rings (SSSR count). The van der Waals surface area contributed by atoms with Gasteiger partial charge in [0.25, 0.3) is 5.91 Å². The minimum absolute atomic E-state index is 0.0325. The number of rotatable bonds is 4. The second kappa shape index (κ2) is 6.84. The van der Waals surface area contributed by atoms with Crippen LogP contribution in [0.1, 0.15) is 27.9 Å². The molecule has 0 bridgehead atoms. The lowest BCUT2D eigenvalue weighted by Gasteiger charge is -2.17. The summed E-state index contributed by atoms with van der Waals surface area (Å²) >= 11 is 0. The van der Waals surface area contributed by atoms with Crippen LogP contribution in [-0.2, 0) is 17.8 Å². The smallest absolute Gasteiger partial charge is 0.255 e. The highest BCUT2D eigenvalue weighted by Gasteiger charge is 2.15. The first kappa shape index (κ1) is 16.1. The zero-order chi connectivity index (χ0) is 17.9. The third kappa shape index (κ3) is 3.49. The van der Waals surface area contributed by atoms with Gasteiger partial charge in [-0.3, -0.25) is 9.59 Å². The fourth-order valence-corrected chi connectivity index (χ4v) is 3.02. The molecule has 0 atom stereocenters. The van der Waals surface area contributed by atoms with Crippen LogP contribution in [0.15, 0.2) is 61.2 Å². The first-order valence-electron chi connectivity index (χ1n) is 8.46. The van der Waals surface area contributed by atoms with E-state index in [-0.39, 0.29) is 11.8 Å². The summed E-state index contributed by atoms with van der Waals surface area (Å²) in [7, 11) is 0. The van der Waals surface area contributed by atoms with Crippen LogP contribution in [-0.4, -0.2) is 21.4 Å². The van der Waals surface area contributed by atoms with Gasteiger partial charge in [0.2, 0.25) is 5.91 Å². The van der Waals surface area contributed by atoms with Crippen molar-refractivity contribution in [2.24, 2.45) is 0 Å². The predicted octanol–water partition coefficient (Wildman–Crippen LogP) is 3.07. The number of anilines is 2. The van der Waals surface area contributed by atoms with E-state index in [0.29, 0.717) is 18.4 Å². The summed E-state index contributed by atoms with van der Waals surface area (Å²) in [6.07, 6.45) is 6.57. The van der Waals surface area contributed by atoms with E-state index in [1.807, 2.05) is 47.2 Å². The maximum atomic E-state index is 12.5. The van der Waals surface area contributed by atoms with Crippen molar-refractivity contribution in [1.29, 1.82) is 0 Å². The van der Waals surface area contributed by atoms with Gasteiger partial charge in [-0.05, 0) is 47.9 Å². The van der Waals surface area contributed by atoms with Gasteiger partial charge in [-0.15, -0.1) is 0 Å². The van der Waals surface area contributed by atoms with E-state index in [1.54, 1.807) is 18.6 Å². The Morgan fingerprint density at radius 1 is 1.15 bits per heavy atom. The highest BCUT2D eigenvalue weighted by Crippen LogP contribution is 2.26. The second-order valence-corrected chi connectivity index (χ2v) is 6.31. The van der Waals surface area contributed by atoms with E-state index in [9.17, 15) is 9.59 Å². The van der Waals surface area contributed by atoms with E-state index in [4.69, 9.17) is 0 Å². The molecular formula is C20H18N4O2. The molecule has 26 heavy (non-hydrogen) atoms. The van der Waals surface area contributed by atoms with Gasteiger partial charge in [-0.2, -0.15) is 0 Å². The number of fused-ring (bicyclic) bond motifs is 1. The minimum Gasteiger partial charge on any atom is -0.333 e. The summed E-state index contributed by atoms with van der Waals surface area (Å²) in [5.74, 6) is -0.121. The summed E-state index contributed by atoms with van der Waals surface area (Å²) < 4.78 is 1.97. The third-order valence-electron chi connectivity index (χ3n) is 4.40. The molecule has 1 aromatic heterocycles. The van der Waals surface area contributed by atoms with Gasteiger partial charge in [0.05, 0.1) is 6.33 Å². The van der Waals surface area contributed by atoms with Crippen LogP contribution in [0.2, 0.25) is 0 Å². The molecule has 2 amide bonds. The van der Waals surface area contributed by atoms with Gasteiger partial charge in [0.1, 0.15) is 0 Å². The molecule has 2 aromatic carbocycles. The van der Waals surface area contributed by atoms with Crippen LogP contribution < -0.4 is 10.6 Å². The normalized spacial score (nSPS) is 13.0. The van der Waals surface area contributed by atoms with E-state index < -0.39 is 0 Å². The number of imidazole rings is 1. The van der Waals surface area contributed by atoms with Crippen molar-refractivity contribution in [2.45, 2.75) is 19.4 Å². The van der Waals surface area contributed by atoms with Crippen LogP contribution in [0, 0.1) is 0 Å². The van der Waals surface area contributed by atoms with Crippen LogP contribution in [0.4, 0.5) is 11.4 Å². The Bertz CT molecular complexity index is 946. The number of amides is 2. The molecule has 0 radical (unpaired) electrons. The molecule has 3 aromatic rings. The number of nitrogens with zero attached hydrogens (tertiary/aromatic N) is 2. The van der Waals surface area contributed by atoms with Crippen molar-refractivity contribution in [2.75, 3.05) is 10.6 Å². The topological polar surface area (TPSA) is 76.0 Å². The highest BCUT2D eigenvalue weighted by atomic mass is 16.2. The van der Waals surface area contributed by atoms with Crippen molar-refractivity contribution in [3.8, 4) is 0 Å².